The molecule has 1 aliphatic heterocycles. The Hall–Kier alpha value is -3.15. The molecule has 0 aliphatic carbocycles. The molecule has 6 nitrogen and oxygen atoms in total. The number of benzene rings is 2. The van der Waals surface area contributed by atoms with Gasteiger partial charge in [-0.25, -0.2) is 0 Å². The van der Waals surface area contributed by atoms with Crippen molar-refractivity contribution in [3.63, 3.8) is 0 Å². The van der Waals surface area contributed by atoms with Crippen molar-refractivity contribution < 1.29 is 14.4 Å². The Morgan fingerprint density at radius 1 is 1.04 bits per heavy atom. The molecule has 2 N–H and O–H groups in total. The van der Waals surface area contributed by atoms with Gasteiger partial charge in [-0.15, -0.1) is 0 Å². The molecule has 28 heavy (non-hydrogen) atoms. The lowest BCUT2D eigenvalue weighted by molar-refractivity contribution is -0.128. The summed E-state index contributed by atoms with van der Waals surface area (Å²) in [6.07, 6.45) is 1.50. The van der Waals surface area contributed by atoms with Gasteiger partial charge in [0.1, 0.15) is 0 Å². The molecule has 2 aromatic carbocycles. The van der Waals surface area contributed by atoms with Crippen LogP contribution in [0, 0.1) is 5.92 Å². The molecule has 0 spiro atoms. The fraction of sp³-hybridized carbons (Fsp3) is 0.318. The van der Waals surface area contributed by atoms with Gasteiger partial charge in [-0.05, 0) is 48.4 Å². The molecule has 0 atom stereocenters. The summed E-state index contributed by atoms with van der Waals surface area (Å²) in [4.78, 5) is 37.9. The zero-order chi connectivity index (χ0) is 20.1. The van der Waals surface area contributed by atoms with Crippen LogP contribution in [0.1, 0.15) is 42.6 Å². The van der Waals surface area contributed by atoms with E-state index in [4.69, 9.17) is 0 Å². The van der Waals surface area contributed by atoms with Crippen LogP contribution in [0.4, 0.5) is 11.4 Å². The third-order valence-corrected chi connectivity index (χ3v) is 4.67. The first-order valence-electron chi connectivity index (χ1n) is 9.51. The van der Waals surface area contributed by atoms with E-state index >= 15 is 0 Å². The highest BCUT2D eigenvalue weighted by Gasteiger charge is 2.20. The molecule has 6 heteroatoms. The number of hydrogen-bond acceptors (Lipinski definition) is 3. The van der Waals surface area contributed by atoms with Gasteiger partial charge in [0.2, 0.25) is 11.8 Å². The van der Waals surface area contributed by atoms with Crippen LogP contribution in [0.2, 0.25) is 0 Å². The number of anilines is 2. The van der Waals surface area contributed by atoms with Crippen LogP contribution in [0.3, 0.4) is 0 Å². The second kappa shape index (κ2) is 8.69. The Labute approximate surface area is 164 Å². The van der Waals surface area contributed by atoms with Crippen LogP contribution in [0.5, 0.6) is 0 Å². The van der Waals surface area contributed by atoms with E-state index in [1.807, 2.05) is 36.9 Å². The van der Waals surface area contributed by atoms with Gasteiger partial charge >= 0.3 is 0 Å². The highest BCUT2D eigenvalue weighted by Crippen LogP contribution is 2.18. The van der Waals surface area contributed by atoms with Crippen molar-refractivity contribution >= 4 is 29.1 Å². The van der Waals surface area contributed by atoms with Gasteiger partial charge in [0.25, 0.3) is 5.91 Å². The fourth-order valence-electron chi connectivity index (χ4n) is 3.03. The Balaban J connectivity index is 1.62. The van der Waals surface area contributed by atoms with Crippen LogP contribution >= 0.6 is 0 Å². The lowest BCUT2D eigenvalue weighted by Gasteiger charge is -2.16. The van der Waals surface area contributed by atoms with E-state index in [1.54, 1.807) is 30.3 Å². The quantitative estimate of drug-likeness (QED) is 0.804. The van der Waals surface area contributed by atoms with E-state index in [1.165, 1.54) is 0 Å². The first-order chi connectivity index (χ1) is 13.4. The van der Waals surface area contributed by atoms with Crippen LogP contribution in [-0.2, 0) is 16.1 Å². The van der Waals surface area contributed by atoms with Crippen LogP contribution in [-0.4, -0.2) is 29.2 Å². The molecule has 2 aromatic rings. The topological polar surface area (TPSA) is 78.5 Å². The normalized spacial score (nSPS) is 13.7. The van der Waals surface area contributed by atoms with Crippen molar-refractivity contribution in [2.45, 2.75) is 33.2 Å². The Bertz CT molecular complexity index is 875. The lowest BCUT2D eigenvalue weighted by Crippen LogP contribution is -2.24. The minimum absolute atomic E-state index is 0.0508. The summed E-state index contributed by atoms with van der Waals surface area (Å²) >= 11 is 0. The standard InChI is InChI=1S/C22H25N3O3/c1-15(2)21(27)23-18-8-10-19(11-9-18)24-22(28)17-6-3-5-16(13-17)14-25-12-4-7-20(25)26/h3,5-6,8-11,13,15H,4,7,12,14H2,1-2H3,(H,23,27)(H,24,28). The number of hydrogen-bond donors (Lipinski definition) is 2. The second-order valence-electron chi connectivity index (χ2n) is 7.29. The summed E-state index contributed by atoms with van der Waals surface area (Å²) in [6.45, 7) is 4.97. The molecule has 0 radical (unpaired) electrons. The third-order valence-electron chi connectivity index (χ3n) is 4.67. The highest BCUT2D eigenvalue weighted by atomic mass is 16.2. The SMILES string of the molecule is CC(C)C(=O)Nc1ccc(NC(=O)c2cccc(CN3CCCC3=O)c2)cc1. The number of likely N-dealkylation sites (tertiary alicyclic amines) is 1. The van der Waals surface area contributed by atoms with Gasteiger partial charge in [0.15, 0.2) is 0 Å². The molecule has 0 aromatic heterocycles. The molecule has 0 bridgehead atoms. The van der Waals surface area contributed by atoms with E-state index < -0.39 is 0 Å². The van der Waals surface area contributed by atoms with Crippen LogP contribution in [0.25, 0.3) is 0 Å². The zero-order valence-corrected chi connectivity index (χ0v) is 16.2. The highest BCUT2D eigenvalue weighted by molar-refractivity contribution is 6.04. The maximum absolute atomic E-state index is 12.6. The first kappa shape index (κ1) is 19.6. The van der Waals surface area contributed by atoms with Crippen molar-refractivity contribution in [1.29, 1.82) is 0 Å². The molecule has 0 unspecified atom stereocenters. The molecule has 1 aliphatic rings. The third kappa shape index (κ3) is 4.97. The molecule has 3 amide bonds. The van der Waals surface area contributed by atoms with Gasteiger partial charge in [-0.3, -0.25) is 14.4 Å². The minimum Gasteiger partial charge on any atom is -0.338 e. The van der Waals surface area contributed by atoms with E-state index in [-0.39, 0.29) is 23.6 Å². The van der Waals surface area contributed by atoms with Crippen molar-refractivity contribution in [2.24, 2.45) is 5.92 Å². The molecule has 1 saturated heterocycles. The number of rotatable bonds is 6. The van der Waals surface area contributed by atoms with Crippen molar-refractivity contribution in [2.75, 3.05) is 17.2 Å². The monoisotopic (exact) mass is 379 g/mol. The van der Waals surface area contributed by atoms with Gasteiger partial charge in [0, 0.05) is 42.4 Å². The minimum atomic E-state index is -0.214. The Morgan fingerprint density at radius 2 is 1.71 bits per heavy atom. The summed E-state index contributed by atoms with van der Waals surface area (Å²) < 4.78 is 0. The van der Waals surface area contributed by atoms with E-state index in [0.29, 0.717) is 29.9 Å². The predicted octanol–water partition coefficient (Wildman–Crippen LogP) is 3.66. The Kier molecular flexibility index (Phi) is 6.09. The van der Waals surface area contributed by atoms with E-state index in [2.05, 4.69) is 10.6 Å². The van der Waals surface area contributed by atoms with Gasteiger partial charge < -0.3 is 15.5 Å². The van der Waals surface area contributed by atoms with Crippen LogP contribution in [0.15, 0.2) is 48.5 Å². The largest absolute Gasteiger partial charge is 0.338 e. The summed E-state index contributed by atoms with van der Waals surface area (Å²) in [5.74, 6) is -0.194. The average molecular weight is 379 g/mol. The Morgan fingerprint density at radius 3 is 2.32 bits per heavy atom. The first-order valence-corrected chi connectivity index (χ1v) is 9.51. The summed E-state index contributed by atoms with van der Waals surface area (Å²) in [6, 6.07) is 14.3. The fourth-order valence-corrected chi connectivity index (χ4v) is 3.03. The van der Waals surface area contributed by atoms with Crippen molar-refractivity contribution in [1.82, 2.24) is 4.90 Å². The van der Waals surface area contributed by atoms with E-state index in [9.17, 15) is 14.4 Å². The number of carbonyl (C=O) groups is 3. The summed E-state index contributed by atoms with van der Waals surface area (Å²) in [5, 5.41) is 5.67. The molecule has 146 valence electrons. The number of nitrogens with one attached hydrogen (secondary N) is 2. The molecular formula is C22H25N3O3. The average Bonchev–Trinajstić information content (AvgIpc) is 3.08. The number of carbonyl (C=O) groups excluding carboxylic acids is 3. The maximum atomic E-state index is 12.6. The summed E-state index contributed by atoms with van der Waals surface area (Å²) in [7, 11) is 0. The smallest absolute Gasteiger partial charge is 0.255 e. The van der Waals surface area contributed by atoms with Gasteiger partial charge in [-0.1, -0.05) is 26.0 Å². The molecule has 1 heterocycles. The predicted molar refractivity (Wildman–Crippen MR) is 109 cm³/mol. The van der Waals surface area contributed by atoms with Crippen molar-refractivity contribution in [3.8, 4) is 0 Å². The van der Waals surface area contributed by atoms with Crippen molar-refractivity contribution in [3.05, 3.63) is 59.7 Å². The van der Waals surface area contributed by atoms with Gasteiger partial charge in [-0.2, -0.15) is 0 Å². The molecule has 3 rings (SSSR count). The second-order valence-corrected chi connectivity index (χ2v) is 7.29. The maximum Gasteiger partial charge on any atom is 0.255 e. The van der Waals surface area contributed by atoms with Gasteiger partial charge in [0.05, 0.1) is 0 Å². The van der Waals surface area contributed by atoms with Crippen LogP contribution < -0.4 is 10.6 Å². The molecule has 1 fully saturated rings. The van der Waals surface area contributed by atoms with E-state index in [0.717, 1.165) is 18.5 Å². The summed E-state index contributed by atoms with van der Waals surface area (Å²) in [5.41, 5.74) is 2.82. The lowest BCUT2D eigenvalue weighted by atomic mass is 10.1. The molecule has 0 saturated carbocycles. The molecular weight excluding hydrogens is 354 g/mol. The number of nitrogens with zero attached hydrogens (tertiary/aromatic N) is 1. The zero-order valence-electron chi connectivity index (χ0n) is 16.2. The number of amides is 3.